The summed E-state index contributed by atoms with van der Waals surface area (Å²) in [5, 5.41) is 3.26. The van der Waals surface area contributed by atoms with Gasteiger partial charge in [-0.25, -0.2) is 9.97 Å². The SMILES string of the molecule is c1cnc2sc(-c3ccc4sccc4n3)cc2c1. The predicted molar refractivity (Wildman–Crippen MR) is 78.2 cm³/mol. The largest absolute Gasteiger partial charge is 0.246 e. The Morgan fingerprint density at radius 3 is 3.00 bits per heavy atom. The Morgan fingerprint density at radius 1 is 1.06 bits per heavy atom. The zero-order valence-electron chi connectivity index (χ0n) is 9.33. The maximum Gasteiger partial charge on any atom is 0.123 e. The lowest BCUT2D eigenvalue weighted by atomic mass is 10.2. The van der Waals surface area contributed by atoms with Crippen LogP contribution >= 0.6 is 22.7 Å². The van der Waals surface area contributed by atoms with E-state index in [4.69, 9.17) is 4.98 Å². The molecule has 0 N–H and O–H groups in total. The second kappa shape index (κ2) is 3.86. The molecular formula is C14H8N2S2. The maximum absolute atomic E-state index is 4.69. The van der Waals surface area contributed by atoms with E-state index in [2.05, 4.69) is 40.7 Å². The van der Waals surface area contributed by atoms with E-state index in [-0.39, 0.29) is 0 Å². The molecule has 2 nitrogen and oxygen atoms in total. The van der Waals surface area contributed by atoms with E-state index in [1.54, 1.807) is 22.7 Å². The quantitative estimate of drug-likeness (QED) is 0.505. The summed E-state index contributed by atoms with van der Waals surface area (Å²) in [5.74, 6) is 0. The molecule has 0 spiro atoms. The minimum absolute atomic E-state index is 1.03. The van der Waals surface area contributed by atoms with Crippen LogP contribution in [-0.2, 0) is 0 Å². The van der Waals surface area contributed by atoms with Crippen molar-refractivity contribution in [2.75, 3.05) is 0 Å². The van der Waals surface area contributed by atoms with Crippen LogP contribution in [0.5, 0.6) is 0 Å². The summed E-state index contributed by atoms with van der Waals surface area (Å²) in [6.07, 6.45) is 1.83. The molecule has 0 radical (unpaired) electrons. The topological polar surface area (TPSA) is 25.8 Å². The van der Waals surface area contributed by atoms with Crippen molar-refractivity contribution in [3.8, 4) is 10.6 Å². The van der Waals surface area contributed by atoms with E-state index in [0.29, 0.717) is 0 Å². The highest BCUT2D eigenvalue weighted by Crippen LogP contribution is 2.32. The lowest BCUT2D eigenvalue weighted by molar-refractivity contribution is 1.44. The zero-order valence-corrected chi connectivity index (χ0v) is 11.0. The molecule has 0 aliphatic carbocycles. The molecule has 4 aromatic rings. The minimum atomic E-state index is 1.03. The van der Waals surface area contributed by atoms with Crippen molar-refractivity contribution >= 4 is 43.1 Å². The van der Waals surface area contributed by atoms with E-state index in [1.165, 1.54) is 15.0 Å². The normalized spacial score (nSPS) is 11.3. The Hall–Kier alpha value is -1.78. The molecule has 18 heavy (non-hydrogen) atoms. The first kappa shape index (κ1) is 10.2. The minimum Gasteiger partial charge on any atom is -0.246 e. The van der Waals surface area contributed by atoms with Gasteiger partial charge in [-0.05, 0) is 35.7 Å². The number of aromatic nitrogens is 2. The molecular weight excluding hydrogens is 260 g/mol. The van der Waals surface area contributed by atoms with Gasteiger partial charge in [-0.15, -0.1) is 22.7 Å². The van der Waals surface area contributed by atoms with Crippen molar-refractivity contribution in [2.24, 2.45) is 0 Å². The predicted octanol–water partition coefficient (Wildman–Crippen LogP) is 4.57. The summed E-state index contributed by atoms with van der Waals surface area (Å²) >= 11 is 3.42. The van der Waals surface area contributed by atoms with Crippen LogP contribution < -0.4 is 0 Å². The number of pyridine rings is 2. The fourth-order valence-corrected chi connectivity index (χ4v) is 3.69. The number of rotatable bonds is 1. The number of hydrogen-bond acceptors (Lipinski definition) is 4. The number of nitrogens with zero attached hydrogens (tertiary/aromatic N) is 2. The van der Waals surface area contributed by atoms with Crippen LogP contribution in [0.4, 0.5) is 0 Å². The Bertz CT molecular complexity index is 812. The Labute approximate surface area is 112 Å². The number of thiophene rings is 2. The Kier molecular flexibility index (Phi) is 2.18. The molecule has 4 heterocycles. The van der Waals surface area contributed by atoms with Gasteiger partial charge in [-0.3, -0.25) is 0 Å². The Morgan fingerprint density at radius 2 is 2.06 bits per heavy atom. The van der Waals surface area contributed by atoms with Crippen LogP contribution in [0.2, 0.25) is 0 Å². The van der Waals surface area contributed by atoms with Crippen LogP contribution in [0.25, 0.3) is 31.0 Å². The van der Waals surface area contributed by atoms with Gasteiger partial charge in [0.05, 0.1) is 20.8 Å². The average molecular weight is 268 g/mol. The summed E-state index contributed by atoms with van der Waals surface area (Å²) < 4.78 is 1.23. The molecule has 0 saturated carbocycles. The first-order chi connectivity index (χ1) is 8.90. The van der Waals surface area contributed by atoms with E-state index in [9.17, 15) is 0 Å². The highest BCUT2D eigenvalue weighted by molar-refractivity contribution is 7.21. The number of hydrogen-bond donors (Lipinski definition) is 0. The number of fused-ring (bicyclic) bond motifs is 2. The first-order valence-electron chi connectivity index (χ1n) is 5.59. The maximum atomic E-state index is 4.69. The van der Waals surface area contributed by atoms with Crippen molar-refractivity contribution in [1.82, 2.24) is 9.97 Å². The van der Waals surface area contributed by atoms with Crippen LogP contribution in [0, 0.1) is 0 Å². The third-order valence-electron chi connectivity index (χ3n) is 2.85. The van der Waals surface area contributed by atoms with E-state index in [0.717, 1.165) is 16.0 Å². The summed E-state index contributed by atoms with van der Waals surface area (Å²) in [7, 11) is 0. The smallest absolute Gasteiger partial charge is 0.123 e. The van der Waals surface area contributed by atoms with Crippen molar-refractivity contribution < 1.29 is 0 Å². The van der Waals surface area contributed by atoms with Gasteiger partial charge in [0, 0.05) is 11.6 Å². The molecule has 86 valence electrons. The molecule has 0 unspecified atom stereocenters. The lowest BCUT2D eigenvalue weighted by Gasteiger charge is -1.95. The van der Waals surface area contributed by atoms with E-state index in [1.807, 2.05) is 12.3 Å². The second-order valence-electron chi connectivity index (χ2n) is 4.01. The van der Waals surface area contributed by atoms with Gasteiger partial charge >= 0.3 is 0 Å². The van der Waals surface area contributed by atoms with Gasteiger partial charge in [0.15, 0.2) is 0 Å². The van der Waals surface area contributed by atoms with Crippen LogP contribution in [0.1, 0.15) is 0 Å². The van der Waals surface area contributed by atoms with Gasteiger partial charge in [-0.1, -0.05) is 6.07 Å². The summed E-state index contributed by atoms with van der Waals surface area (Å²) in [6, 6.07) is 12.5. The van der Waals surface area contributed by atoms with Gasteiger partial charge in [0.1, 0.15) is 4.83 Å². The molecule has 0 atom stereocenters. The van der Waals surface area contributed by atoms with E-state index >= 15 is 0 Å². The van der Waals surface area contributed by atoms with Crippen molar-refractivity contribution in [1.29, 1.82) is 0 Å². The molecule has 0 amide bonds. The zero-order chi connectivity index (χ0) is 11.9. The van der Waals surface area contributed by atoms with Crippen LogP contribution in [-0.4, -0.2) is 9.97 Å². The van der Waals surface area contributed by atoms with Crippen LogP contribution in [0.15, 0.2) is 48.0 Å². The molecule has 4 rings (SSSR count). The standard InChI is InChI=1S/C14H8N2S2/c1-2-9-8-13(18-14(9)15-6-1)10-3-4-12-11(16-10)5-7-17-12/h1-8H. The molecule has 4 heteroatoms. The molecule has 0 aromatic carbocycles. The van der Waals surface area contributed by atoms with Crippen molar-refractivity contribution in [3.05, 3.63) is 48.0 Å². The first-order valence-corrected chi connectivity index (χ1v) is 7.29. The monoisotopic (exact) mass is 268 g/mol. The van der Waals surface area contributed by atoms with Gasteiger partial charge < -0.3 is 0 Å². The summed E-state index contributed by atoms with van der Waals surface area (Å²) in [6.45, 7) is 0. The fraction of sp³-hybridized carbons (Fsp3) is 0. The average Bonchev–Trinajstić information content (AvgIpc) is 3.04. The third kappa shape index (κ3) is 1.54. The molecule has 4 aromatic heterocycles. The van der Waals surface area contributed by atoms with Gasteiger partial charge in [0.2, 0.25) is 0 Å². The van der Waals surface area contributed by atoms with Gasteiger partial charge in [-0.2, -0.15) is 0 Å². The summed E-state index contributed by atoms with van der Waals surface area (Å²) in [4.78, 5) is 11.3. The van der Waals surface area contributed by atoms with Crippen molar-refractivity contribution in [2.45, 2.75) is 0 Å². The molecule has 0 aliphatic rings. The molecule has 0 bridgehead atoms. The highest BCUT2D eigenvalue weighted by Gasteiger charge is 2.07. The lowest BCUT2D eigenvalue weighted by Crippen LogP contribution is -1.78. The van der Waals surface area contributed by atoms with Crippen molar-refractivity contribution in [3.63, 3.8) is 0 Å². The Balaban J connectivity index is 1.94. The third-order valence-corrected chi connectivity index (χ3v) is 4.81. The second-order valence-corrected chi connectivity index (χ2v) is 5.99. The summed E-state index contributed by atoms with van der Waals surface area (Å²) in [5.41, 5.74) is 2.10. The molecule has 0 saturated heterocycles. The van der Waals surface area contributed by atoms with E-state index < -0.39 is 0 Å². The highest BCUT2D eigenvalue weighted by atomic mass is 32.1. The van der Waals surface area contributed by atoms with Crippen LogP contribution in [0.3, 0.4) is 0 Å². The van der Waals surface area contributed by atoms with Gasteiger partial charge in [0.25, 0.3) is 0 Å². The fourth-order valence-electron chi connectivity index (χ4n) is 1.99. The molecule has 0 aliphatic heterocycles. The molecule has 0 fully saturated rings.